The number of ether oxygens (including phenoxy) is 3. The zero-order valence-electron chi connectivity index (χ0n) is 22.4. The minimum absolute atomic E-state index is 0.000456. The first kappa shape index (κ1) is 26.6. The van der Waals surface area contributed by atoms with Crippen molar-refractivity contribution in [3.8, 4) is 62.7 Å². The summed E-state index contributed by atoms with van der Waals surface area (Å²) in [5, 5.41) is 42.8. The molecule has 1 aliphatic heterocycles. The minimum Gasteiger partial charge on any atom is -0.508 e. The van der Waals surface area contributed by atoms with Crippen LogP contribution in [0.4, 0.5) is 0 Å². The predicted octanol–water partition coefficient (Wildman–Crippen LogP) is 5.67. The van der Waals surface area contributed by atoms with Crippen molar-refractivity contribution in [1.82, 2.24) is 0 Å². The lowest BCUT2D eigenvalue weighted by atomic mass is 9.90. The molecule has 0 spiro atoms. The number of phenolic OH excluding ortho intramolecular Hbond substituents is 4. The summed E-state index contributed by atoms with van der Waals surface area (Å²) in [5.74, 6) is -1.45. The van der Waals surface area contributed by atoms with Crippen LogP contribution in [0.15, 0.2) is 75.9 Å². The molecule has 0 amide bonds. The smallest absolute Gasteiger partial charge is 0.205 e. The Morgan fingerprint density at radius 2 is 1.45 bits per heavy atom. The van der Waals surface area contributed by atoms with Crippen LogP contribution in [-0.4, -0.2) is 40.4 Å². The van der Waals surface area contributed by atoms with Gasteiger partial charge in [0, 0.05) is 23.8 Å². The number of Topliss-reactive ketones (excluding diaryl/α,β-unsaturated/α-hetero) is 1. The Bertz CT molecular complexity index is 1920. The van der Waals surface area contributed by atoms with Gasteiger partial charge in [-0.1, -0.05) is 12.1 Å². The summed E-state index contributed by atoms with van der Waals surface area (Å²) in [5.41, 5.74) is -0.614. The molecular weight excluding hydrogens is 544 g/mol. The summed E-state index contributed by atoms with van der Waals surface area (Å²) in [6.07, 6.45) is -0.879. The molecule has 0 unspecified atom stereocenters. The van der Waals surface area contributed by atoms with Crippen LogP contribution in [0.2, 0.25) is 0 Å². The highest BCUT2D eigenvalue weighted by atomic mass is 16.5. The molecule has 0 bridgehead atoms. The number of hydrogen-bond acceptors (Lipinski definition) is 10. The van der Waals surface area contributed by atoms with E-state index >= 15 is 0 Å². The first-order valence-corrected chi connectivity index (χ1v) is 12.8. The van der Waals surface area contributed by atoms with Gasteiger partial charge in [0.1, 0.15) is 68.6 Å². The van der Waals surface area contributed by atoms with Crippen molar-refractivity contribution in [3.63, 3.8) is 0 Å². The van der Waals surface area contributed by atoms with Crippen LogP contribution in [0.3, 0.4) is 0 Å². The average Bonchev–Trinajstić information content (AvgIpc) is 2.97. The molecule has 42 heavy (non-hydrogen) atoms. The fraction of sp³-hybridized carbons (Fsp3) is 0.125. The number of methoxy groups -OCH3 is 2. The number of rotatable bonds is 5. The van der Waals surface area contributed by atoms with Gasteiger partial charge in [-0.2, -0.15) is 0 Å². The predicted molar refractivity (Wildman–Crippen MR) is 152 cm³/mol. The Hall–Kier alpha value is -5.64. The molecule has 0 radical (unpaired) electrons. The van der Waals surface area contributed by atoms with Gasteiger partial charge >= 0.3 is 0 Å². The van der Waals surface area contributed by atoms with E-state index in [1.165, 1.54) is 38.5 Å². The van der Waals surface area contributed by atoms with Gasteiger partial charge in [0.05, 0.1) is 31.8 Å². The molecule has 0 fully saturated rings. The van der Waals surface area contributed by atoms with Crippen LogP contribution in [-0.2, 0) is 0 Å². The monoisotopic (exact) mass is 568 g/mol. The van der Waals surface area contributed by atoms with Gasteiger partial charge in [-0.25, -0.2) is 0 Å². The highest BCUT2D eigenvalue weighted by Gasteiger charge is 2.35. The third-order valence-electron chi connectivity index (χ3n) is 7.21. The van der Waals surface area contributed by atoms with Crippen molar-refractivity contribution >= 4 is 16.8 Å². The SMILES string of the molecule is COc1ccc(-c2oc3cc(OC)cc(O)c3c(=O)c2-c2c(O)cc3c(c2O)C(=O)C[C@H](c2ccc(O)cc2)O3)cc1. The lowest BCUT2D eigenvalue weighted by molar-refractivity contribution is 0.0845. The van der Waals surface area contributed by atoms with Crippen LogP contribution in [0.1, 0.15) is 28.4 Å². The van der Waals surface area contributed by atoms with E-state index in [0.29, 0.717) is 16.9 Å². The summed E-state index contributed by atoms with van der Waals surface area (Å²) in [6.45, 7) is 0. The molecule has 5 aromatic rings. The third kappa shape index (κ3) is 4.29. The van der Waals surface area contributed by atoms with E-state index in [-0.39, 0.29) is 57.1 Å². The first-order valence-electron chi connectivity index (χ1n) is 12.8. The summed E-state index contributed by atoms with van der Waals surface area (Å²) in [6, 6.07) is 16.5. The highest BCUT2D eigenvalue weighted by Crippen LogP contribution is 2.50. The number of carbonyl (C=O) groups is 1. The van der Waals surface area contributed by atoms with Gasteiger partial charge in [0.25, 0.3) is 0 Å². The van der Waals surface area contributed by atoms with Crippen LogP contribution in [0.5, 0.6) is 40.2 Å². The second-order valence-corrected chi connectivity index (χ2v) is 9.70. The van der Waals surface area contributed by atoms with E-state index in [1.807, 2.05) is 0 Å². The van der Waals surface area contributed by atoms with Gasteiger partial charge in [0.15, 0.2) is 5.78 Å². The maximum absolute atomic E-state index is 14.0. The molecule has 10 heteroatoms. The van der Waals surface area contributed by atoms with Gasteiger partial charge in [-0.3, -0.25) is 9.59 Å². The number of fused-ring (bicyclic) bond motifs is 2. The third-order valence-corrected chi connectivity index (χ3v) is 7.21. The molecule has 212 valence electrons. The second kappa shape index (κ2) is 10.1. The molecule has 6 rings (SSSR count). The zero-order chi connectivity index (χ0) is 29.7. The van der Waals surface area contributed by atoms with Gasteiger partial charge in [0.2, 0.25) is 5.43 Å². The normalized spacial score (nSPS) is 14.3. The molecule has 2 heterocycles. The lowest BCUT2D eigenvalue weighted by Gasteiger charge is -2.27. The Kier molecular flexibility index (Phi) is 6.38. The van der Waals surface area contributed by atoms with Crippen LogP contribution >= 0.6 is 0 Å². The Labute approximate surface area is 238 Å². The maximum Gasteiger partial charge on any atom is 0.205 e. The molecule has 10 nitrogen and oxygen atoms in total. The van der Waals surface area contributed by atoms with Crippen molar-refractivity contribution in [2.45, 2.75) is 12.5 Å². The van der Waals surface area contributed by atoms with Gasteiger partial charge in [-0.05, 0) is 42.0 Å². The quantitative estimate of drug-likeness (QED) is 0.208. The largest absolute Gasteiger partial charge is 0.508 e. The summed E-state index contributed by atoms with van der Waals surface area (Å²) in [4.78, 5) is 27.4. The summed E-state index contributed by atoms with van der Waals surface area (Å²) >= 11 is 0. The first-order chi connectivity index (χ1) is 20.2. The standard InChI is InChI=1S/C32H24O10/c1-39-18-9-5-16(6-10-18)32-29(31(38)26-20(34)11-19(40-2)12-24(26)42-32)28-22(36)14-25-27(30(28)37)21(35)13-23(41-25)15-3-7-17(33)8-4-15/h3-12,14,23,33-34,36-37H,13H2,1-2H3/t23-/m1/s1. The van der Waals surface area contributed by atoms with Crippen molar-refractivity contribution in [2.24, 2.45) is 0 Å². The van der Waals surface area contributed by atoms with E-state index in [0.717, 1.165) is 6.07 Å². The Morgan fingerprint density at radius 3 is 2.12 bits per heavy atom. The van der Waals surface area contributed by atoms with E-state index in [2.05, 4.69) is 0 Å². The van der Waals surface area contributed by atoms with Crippen molar-refractivity contribution < 1.29 is 43.8 Å². The minimum atomic E-state index is -0.765. The Morgan fingerprint density at radius 1 is 0.762 bits per heavy atom. The molecular formula is C32H24O10. The number of phenols is 4. The van der Waals surface area contributed by atoms with E-state index < -0.39 is 34.6 Å². The molecule has 1 atom stereocenters. The molecule has 0 saturated heterocycles. The highest BCUT2D eigenvalue weighted by molar-refractivity contribution is 6.06. The second-order valence-electron chi connectivity index (χ2n) is 9.70. The van der Waals surface area contributed by atoms with Crippen LogP contribution in [0, 0.1) is 0 Å². The lowest BCUT2D eigenvalue weighted by Crippen LogP contribution is -2.21. The van der Waals surface area contributed by atoms with E-state index in [1.54, 1.807) is 36.4 Å². The summed E-state index contributed by atoms with van der Waals surface area (Å²) in [7, 11) is 2.89. The molecule has 4 N–H and O–H groups in total. The number of benzene rings is 4. The van der Waals surface area contributed by atoms with Crippen LogP contribution < -0.4 is 19.6 Å². The molecule has 1 aliphatic rings. The fourth-order valence-corrected chi connectivity index (χ4v) is 5.15. The summed E-state index contributed by atoms with van der Waals surface area (Å²) < 4.78 is 22.6. The number of hydrogen-bond donors (Lipinski definition) is 4. The van der Waals surface area contributed by atoms with Gasteiger partial charge < -0.3 is 39.1 Å². The zero-order valence-corrected chi connectivity index (χ0v) is 22.4. The van der Waals surface area contributed by atoms with Gasteiger partial charge in [-0.15, -0.1) is 0 Å². The Balaban J connectivity index is 1.60. The number of aromatic hydroxyl groups is 4. The van der Waals surface area contributed by atoms with E-state index in [4.69, 9.17) is 18.6 Å². The number of carbonyl (C=O) groups excluding carboxylic acids is 1. The van der Waals surface area contributed by atoms with Crippen molar-refractivity contribution in [1.29, 1.82) is 0 Å². The van der Waals surface area contributed by atoms with E-state index in [9.17, 15) is 30.0 Å². The topological polar surface area (TPSA) is 156 Å². The molecule has 1 aromatic heterocycles. The molecule has 4 aromatic carbocycles. The maximum atomic E-state index is 14.0. The molecule has 0 saturated carbocycles. The van der Waals surface area contributed by atoms with Crippen LogP contribution in [0.25, 0.3) is 33.4 Å². The van der Waals surface area contributed by atoms with Crippen molar-refractivity contribution in [3.05, 3.63) is 88.1 Å². The fourth-order valence-electron chi connectivity index (χ4n) is 5.15. The average molecular weight is 569 g/mol. The molecule has 0 aliphatic carbocycles. The number of ketones is 1. The van der Waals surface area contributed by atoms with Crippen molar-refractivity contribution in [2.75, 3.05) is 14.2 Å².